The van der Waals surface area contributed by atoms with Gasteiger partial charge in [-0.2, -0.15) is 0 Å². The van der Waals surface area contributed by atoms with Crippen LogP contribution in [0, 0.1) is 5.41 Å². The molecule has 0 bridgehead atoms. The highest BCUT2D eigenvalue weighted by atomic mass is 32.1. The number of nitrogens with zero attached hydrogens (tertiary/aromatic N) is 1. The number of amides is 3. The SMILES string of the molecule is CC(=O)c1ccc(C(=O)N2CC[C@@]3(CC(=O)NC3=O)C2)s1. The van der Waals surface area contributed by atoms with Crippen molar-refractivity contribution in [1.29, 1.82) is 0 Å². The predicted molar refractivity (Wildman–Crippen MR) is 75.0 cm³/mol. The molecule has 1 aromatic heterocycles. The molecule has 1 atom stereocenters. The zero-order valence-electron chi connectivity index (χ0n) is 11.5. The summed E-state index contributed by atoms with van der Waals surface area (Å²) < 4.78 is 0. The summed E-state index contributed by atoms with van der Waals surface area (Å²) in [4.78, 5) is 49.6. The van der Waals surface area contributed by atoms with Crippen molar-refractivity contribution in [1.82, 2.24) is 10.2 Å². The van der Waals surface area contributed by atoms with Crippen LogP contribution in [-0.4, -0.2) is 41.5 Å². The molecule has 2 saturated heterocycles. The van der Waals surface area contributed by atoms with Gasteiger partial charge in [0, 0.05) is 19.5 Å². The summed E-state index contributed by atoms with van der Waals surface area (Å²) in [5, 5.41) is 2.31. The molecule has 3 heterocycles. The summed E-state index contributed by atoms with van der Waals surface area (Å²) in [6.45, 7) is 2.17. The van der Waals surface area contributed by atoms with Crippen LogP contribution < -0.4 is 5.32 Å². The first-order valence-corrected chi connectivity index (χ1v) is 7.47. The van der Waals surface area contributed by atoms with Crippen molar-refractivity contribution in [3.8, 4) is 0 Å². The van der Waals surface area contributed by atoms with Gasteiger partial charge in [0.05, 0.1) is 15.2 Å². The van der Waals surface area contributed by atoms with Gasteiger partial charge in [-0.1, -0.05) is 0 Å². The zero-order chi connectivity index (χ0) is 15.2. The van der Waals surface area contributed by atoms with Crippen molar-refractivity contribution >= 4 is 34.8 Å². The molecule has 1 N–H and O–H groups in total. The summed E-state index contributed by atoms with van der Waals surface area (Å²) in [5.41, 5.74) is -0.757. The van der Waals surface area contributed by atoms with Gasteiger partial charge in [-0.05, 0) is 25.5 Å². The molecule has 21 heavy (non-hydrogen) atoms. The van der Waals surface area contributed by atoms with Crippen LogP contribution in [0.4, 0.5) is 0 Å². The monoisotopic (exact) mass is 306 g/mol. The largest absolute Gasteiger partial charge is 0.337 e. The molecule has 3 amide bonds. The van der Waals surface area contributed by atoms with Crippen LogP contribution in [0.15, 0.2) is 12.1 Å². The first-order chi connectivity index (χ1) is 9.91. The molecule has 0 aliphatic carbocycles. The van der Waals surface area contributed by atoms with Crippen molar-refractivity contribution in [2.45, 2.75) is 19.8 Å². The second-order valence-electron chi connectivity index (χ2n) is 5.53. The number of carbonyl (C=O) groups is 4. The van der Waals surface area contributed by atoms with Crippen molar-refractivity contribution in [2.24, 2.45) is 5.41 Å². The van der Waals surface area contributed by atoms with E-state index in [1.807, 2.05) is 0 Å². The van der Waals surface area contributed by atoms with E-state index in [2.05, 4.69) is 5.32 Å². The van der Waals surface area contributed by atoms with Gasteiger partial charge in [-0.25, -0.2) is 0 Å². The zero-order valence-corrected chi connectivity index (χ0v) is 12.3. The first kappa shape index (κ1) is 13.9. The minimum atomic E-state index is -0.757. The molecule has 2 fully saturated rings. The number of thiophene rings is 1. The third kappa shape index (κ3) is 2.27. The Morgan fingerprint density at radius 1 is 1.29 bits per heavy atom. The maximum atomic E-state index is 12.4. The predicted octanol–water partition coefficient (Wildman–Crippen LogP) is 0.830. The third-order valence-electron chi connectivity index (χ3n) is 4.04. The Morgan fingerprint density at radius 3 is 2.57 bits per heavy atom. The highest BCUT2D eigenvalue weighted by Gasteiger charge is 2.51. The second kappa shape index (κ2) is 4.77. The van der Waals surface area contributed by atoms with E-state index in [0.29, 0.717) is 22.7 Å². The van der Waals surface area contributed by atoms with Crippen LogP contribution in [-0.2, 0) is 9.59 Å². The van der Waals surface area contributed by atoms with Crippen molar-refractivity contribution in [2.75, 3.05) is 13.1 Å². The van der Waals surface area contributed by atoms with Gasteiger partial charge in [-0.15, -0.1) is 11.3 Å². The lowest BCUT2D eigenvalue weighted by atomic mass is 9.85. The lowest BCUT2D eigenvalue weighted by Crippen LogP contribution is -2.36. The molecule has 0 radical (unpaired) electrons. The fraction of sp³-hybridized carbons (Fsp3) is 0.429. The van der Waals surface area contributed by atoms with E-state index in [0.717, 1.165) is 11.3 Å². The van der Waals surface area contributed by atoms with Crippen LogP contribution in [0.3, 0.4) is 0 Å². The Labute approximate surface area is 125 Å². The van der Waals surface area contributed by atoms with Gasteiger partial charge >= 0.3 is 0 Å². The van der Waals surface area contributed by atoms with E-state index in [1.54, 1.807) is 17.0 Å². The van der Waals surface area contributed by atoms with Crippen LogP contribution in [0.1, 0.15) is 39.1 Å². The number of imide groups is 1. The summed E-state index contributed by atoms with van der Waals surface area (Å²) in [6, 6.07) is 3.27. The molecule has 0 saturated carbocycles. The average Bonchev–Trinajstić information content (AvgIpc) is 3.10. The maximum absolute atomic E-state index is 12.4. The van der Waals surface area contributed by atoms with E-state index in [4.69, 9.17) is 0 Å². The highest BCUT2D eigenvalue weighted by Crippen LogP contribution is 2.38. The Hall–Kier alpha value is -2.02. The fourth-order valence-corrected chi connectivity index (χ4v) is 3.73. The number of Topliss-reactive ketones (excluding diaryl/α,β-unsaturated/α-hetero) is 1. The molecule has 110 valence electrons. The van der Waals surface area contributed by atoms with Crippen LogP contribution in [0.5, 0.6) is 0 Å². The number of hydrogen-bond acceptors (Lipinski definition) is 5. The van der Waals surface area contributed by atoms with Crippen molar-refractivity contribution in [3.05, 3.63) is 21.9 Å². The number of nitrogens with one attached hydrogen (secondary N) is 1. The third-order valence-corrected chi connectivity index (χ3v) is 5.21. The Bertz CT molecular complexity index is 666. The lowest BCUT2D eigenvalue weighted by Gasteiger charge is -2.19. The normalized spacial score (nSPS) is 24.7. The summed E-state index contributed by atoms with van der Waals surface area (Å²) in [5.74, 6) is -0.808. The van der Waals surface area contributed by atoms with Crippen LogP contribution in [0.25, 0.3) is 0 Å². The number of rotatable bonds is 2. The van der Waals surface area contributed by atoms with Gasteiger partial charge in [-0.3, -0.25) is 24.5 Å². The minimum absolute atomic E-state index is 0.0716. The summed E-state index contributed by atoms with van der Waals surface area (Å²) >= 11 is 1.16. The Kier molecular flexibility index (Phi) is 3.16. The quantitative estimate of drug-likeness (QED) is 0.648. The average molecular weight is 306 g/mol. The molecular formula is C14H14N2O4S. The van der Waals surface area contributed by atoms with E-state index < -0.39 is 5.41 Å². The van der Waals surface area contributed by atoms with E-state index >= 15 is 0 Å². The fourth-order valence-electron chi connectivity index (χ4n) is 2.86. The molecular weight excluding hydrogens is 292 g/mol. The van der Waals surface area contributed by atoms with Crippen LogP contribution >= 0.6 is 11.3 Å². The molecule has 0 aromatic carbocycles. The van der Waals surface area contributed by atoms with Gasteiger partial charge < -0.3 is 4.90 Å². The molecule has 0 unspecified atom stereocenters. The minimum Gasteiger partial charge on any atom is -0.337 e. The van der Waals surface area contributed by atoms with E-state index in [-0.39, 0.29) is 36.5 Å². The lowest BCUT2D eigenvalue weighted by molar-refractivity contribution is -0.128. The van der Waals surface area contributed by atoms with Crippen LogP contribution in [0.2, 0.25) is 0 Å². The number of likely N-dealkylation sites (tertiary alicyclic amines) is 1. The molecule has 1 aromatic rings. The standard InChI is InChI=1S/C14H14N2O4S/c1-8(17)9-2-3-10(21-9)12(19)16-5-4-14(7-16)6-11(18)15-13(14)20/h2-3H,4-7H2,1H3,(H,15,18,20)/t14-/m1/s1. The molecule has 7 heteroatoms. The Balaban J connectivity index is 1.76. The molecule has 6 nitrogen and oxygen atoms in total. The first-order valence-electron chi connectivity index (χ1n) is 6.66. The molecule has 3 rings (SSSR count). The van der Waals surface area contributed by atoms with E-state index in [9.17, 15) is 19.2 Å². The number of carbonyl (C=O) groups excluding carboxylic acids is 4. The van der Waals surface area contributed by atoms with Gasteiger partial charge in [0.2, 0.25) is 11.8 Å². The maximum Gasteiger partial charge on any atom is 0.263 e. The number of hydrogen-bond donors (Lipinski definition) is 1. The molecule has 2 aliphatic heterocycles. The highest BCUT2D eigenvalue weighted by molar-refractivity contribution is 7.15. The topological polar surface area (TPSA) is 83.6 Å². The van der Waals surface area contributed by atoms with Crippen molar-refractivity contribution < 1.29 is 19.2 Å². The van der Waals surface area contributed by atoms with Gasteiger partial charge in [0.25, 0.3) is 5.91 Å². The smallest absolute Gasteiger partial charge is 0.263 e. The van der Waals surface area contributed by atoms with Crippen molar-refractivity contribution in [3.63, 3.8) is 0 Å². The molecule has 2 aliphatic rings. The second-order valence-corrected chi connectivity index (χ2v) is 6.61. The summed E-state index contributed by atoms with van der Waals surface area (Å²) in [6.07, 6.45) is 0.653. The Morgan fingerprint density at radius 2 is 2.00 bits per heavy atom. The number of ketones is 1. The van der Waals surface area contributed by atoms with E-state index in [1.165, 1.54) is 6.92 Å². The van der Waals surface area contributed by atoms with Gasteiger partial charge in [0.1, 0.15) is 0 Å². The molecule has 1 spiro atoms. The summed E-state index contributed by atoms with van der Waals surface area (Å²) in [7, 11) is 0. The van der Waals surface area contributed by atoms with Gasteiger partial charge in [0.15, 0.2) is 5.78 Å².